The molecule has 1 heterocycles. The van der Waals surface area contributed by atoms with Gasteiger partial charge in [0.05, 0.1) is 11.0 Å². The van der Waals surface area contributed by atoms with E-state index >= 15 is 0 Å². The highest BCUT2D eigenvalue weighted by atomic mass is 15.0. The fraction of sp³-hybridized carbons (Fsp3) is 0.182. The van der Waals surface area contributed by atoms with Crippen molar-refractivity contribution in [3.05, 3.63) is 42.7 Å². The molecule has 0 fully saturated rings. The maximum atomic E-state index is 4.18. The van der Waals surface area contributed by atoms with Crippen molar-refractivity contribution in [2.75, 3.05) is 0 Å². The summed E-state index contributed by atoms with van der Waals surface area (Å²) in [6, 6.07) is 8.06. The molecule has 0 aliphatic carbocycles. The lowest BCUT2D eigenvalue weighted by Gasteiger charge is -1.97. The minimum atomic E-state index is 0.844. The average molecular weight is 171 g/mol. The predicted molar refractivity (Wildman–Crippen MR) is 53.4 cm³/mol. The maximum absolute atomic E-state index is 4.18. The van der Waals surface area contributed by atoms with Crippen LogP contribution in [0.3, 0.4) is 0 Å². The predicted octanol–water partition coefficient (Wildman–Crippen LogP) is 2.41. The van der Waals surface area contributed by atoms with Crippen LogP contribution in [0.4, 0.5) is 0 Å². The highest BCUT2D eigenvalue weighted by Gasteiger charge is 1.98. The molecule has 0 saturated carbocycles. The summed E-state index contributed by atoms with van der Waals surface area (Å²) in [6.45, 7) is 2.86. The van der Waals surface area contributed by atoms with E-state index in [4.69, 9.17) is 0 Å². The SMILES string of the molecule is CC=CCn1[c]nc2ccccc21. The Morgan fingerprint density at radius 3 is 3.15 bits per heavy atom. The van der Waals surface area contributed by atoms with Gasteiger partial charge in [0, 0.05) is 6.54 Å². The minimum Gasteiger partial charge on any atom is -0.317 e. The van der Waals surface area contributed by atoms with Gasteiger partial charge in [-0.15, -0.1) is 0 Å². The lowest BCUT2D eigenvalue weighted by atomic mass is 10.3. The second-order valence-electron chi connectivity index (χ2n) is 2.88. The van der Waals surface area contributed by atoms with Crippen LogP contribution in [0, 0.1) is 6.33 Å². The van der Waals surface area contributed by atoms with Gasteiger partial charge in [0.1, 0.15) is 0 Å². The van der Waals surface area contributed by atoms with Crippen LogP contribution in [-0.4, -0.2) is 9.55 Å². The van der Waals surface area contributed by atoms with Crippen LogP contribution in [0.1, 0.15) is 6.92 Å². The number of hydrogen-bond donors (Lipinski definition) is 0. The molecule has 1 aromatic heterocycles. The van der Waals surface area contributed by atoms with Crippen LogP contribution in [0.15, 0.2) is 36.4 Å². The van der Waals surface area contributed by atoms with E-state index in [1.807, 2.05) is 35.8 Å². The average Bonchev–Trinajstić information content (AvgIpc) is 2.58. The van der Waals surface area contributed by atoms with Crippen molar-refractivity contribution in [2.24, 2.45) is 0 Å². The van der Waals surface area contributed by atoms with Gasteiger partial charge in [-0.2, -0.15) is 0 Å². The number of nitrogens with zero attached hydrogens (tertiary/aromatic N) is 2. The molecule has 2 rings (SSSR count). The van der Waals surface area contributed by atoms with Gasteiger partial charge in [-0.25, -0.2) is 4.98 Å². The summed E-state index contributed by atoms with van der Waals surface area (Å²) in [5.74, 6) is 0. The van der Waals surface area contributed by atoms with Crippen molar-refractivity contribution in [1.29, 1.82) is 0 Å². The highest BCUT2D eigenvalue weighted by molar-refractivity contribution is 5.74. The molecule has 0 aliphatic heterocycles. The molecule has 65 valence electrons. The van der Waals surface area contributed by atoms with Gasteiger partial charge in [0.25, 0.3) is 0 Å². The Morgan fingerprint density at radius 2 is 2.31 bits per heavy atom. The van der Waals surface area contributed by atoms with Crippen molar-refractivity contribution >= 4 is 11.0 Å². The number of imidazole rings is 1. The Labute approximate surface area is 77.5 Å². The number of rotatable bonds is 2. The van der Waals surface area contributed by atoms with E-state index in [9.17, 15) is 0 Å². The molecule has 1 aromatic carbocycles. The molecule has 0 aliphatic rings. The molecule has 0 N–H and O–H groups in total. The number of aromatic nitrogens is 2. The van der Waals surface area contributed by atoms with Gasteiger partial charge in [-0.05, 0) is 19.1 Å². The number of benzene rings is 1. The zero-order valence-electron chi connectivity index (χ0n) is 7.57. The third-order valence-electron chi connectivity index (χ3n) is 1.99. The molecule has 0 saturated heterocycles. The van der Waals surface area contributed by atoms with E-state index in [0.29, 0.717) is 0 Å². The number of hydrogen-bond acceptors (Lipinski definition) is 1. The third-order valence-corrected chi connectivity index (χ3v) is 1.99. The van der Waals surface area contributed by atoms with E-state index in [0.717, 1.165) is 17.6 Å². The molecule has 0 unspecified atom stereocenters. The summed E-state index contributed by atoms with van der Waals surface area (Å²) >= 11 is 0. The molecule has 0 amide bonds. The maximum Gasteiger partial charge on any atom is 0.177 e. The van der Waals surface area contributed by atoms with Crippen LogP contribution in [0.25, 0.3) is 11.0 Å². The first-order valence-corrected chi connectivity index (χ1v) is 4.36. The fourth-order valence-electron chi connectivity index (χ4n) is 1.31. The van der Waals surface area contributed by atoms with E-state index in [1.54, 1.807) is 0 Å². The van der Waals surface area contributed by atoms with Gasteiger partial charge in [-0.3, -0.25) is 0 Å². The Kier molecular flexibility index (Phi) is 2.13. The Balaban J connectivity index is 2.45. The monoisotopic (exact) mass is 171 g/mol. The lowest BCUT2D eigenvalue weighted by Crippen LogP contribution is -1.92. The van der Waals surface area contributed by atoms with Gasteiger partial charge in [0.15, 0.2) is 6.33 Å². The van der Waals surface area contributed by atoms with E-state index in [-0.39, 0.29) is 0 Å². The standard InChI is InChI=1S/C11H11N2/c1-2-3-8-13-9-12-10-6-4-5-7-11(10)13/h2-7H,8H2,1H3. The van der Waals surface area contributed by atoms with Gasteiger partial charge >= 0.3 is 0 Å². The first kappa shape index (κ1) is 8.05. The molecule has 2 aromatic rings. The minimum absolute atomic E-state index is 0.844. The first-order valence-electron chi connectivity index (χ1n) is 4.36. The van der Waals surface area contributed by atoms with E-state index in [2.05, 4.69) is 23.5 Å². The second kappa shape index (κ2) is 3.44. The smallest absolute Gasteiger partial charge is 0.177 e. The van der Waals surface area contributed by atoms with Crippen LogP contribution in [0.5, 0.6) is 0 Å². The van der Waals surface area contributed by atoms with Crippen LogP contribution < -0.4 is 0 Å². The molecule has 13 heavy (non-hydrogen) atoms. The summed E-state index contributed by atoms with van der Waals surface area (Å²) in [6.07, 6.45) is 7.08. The van der Waals surface area contributed by atoms with Crippen molar-refractivity contribution < 1.29 is 0 Å². The topological polar surface area (TPSA) is 17.8 Å². The second-order valence-corrected chi connectivity index (χ2v) is 2.88. The molecule has 0 bridgehead atoms. The molecular formula is C11H11N2. The molecule has 0 atom stereocenters. The summed E-state index contributed by atoms with van der Waals surface area (Å²) in [4.78, 5) is 4.18. The lowest BCUT2D eigenvalue weighted by molar-refractivity contribution is 0.839. The summed E-state index contributed by atoms with van der Waals surface area (Å²) in [5.41, 5.74) is 2.15. The third kappa shape index (κ3) is 1.47. The van der Waals surface area contributed by atoms with Crippen LogP contribution >= 0.6 is 0 Å². The number of para-hydroxylation sites is 2. The first-order chi connectivity index (χ1) is 6.42. The van der Waals surface area contributed by atoms with Gasteiger partial charge < -0.3 is 4.57 Å². The van der Waals surface area contributed by atoms with Crippen molar-refractivity contribution in [3.63, 3.8) is 0 Å². The Morgan fingerprint density at radius 1 is 1.46 bits per heavy atom. The highest BCUT2D eigenvalue weighted by Crippen LogP contribution is 2.10. The normalized spacial score (nSPS) is 11.5. The Bertz CT molecular complexity index is 426. The van der Waals surface area contributed by atoms with Crippen molar-refractivity contribution in [1.82, 2.24) is 9.55 Å². The van der Waals surface area contributed by atoms with E-state index < -0.39 is 0 Å². The molecule has 2 heteroatoms. The van der Waals surface area contributed by atoms with E-state index in [1.165, 1.54) is 0 Å². The quantitative estimate of drug-likeness (QED) is 0.634. The molecular weight excluding hydrogens is 160 g/mol. The fourth-order valence-corrected chi connectivity index (χ4v) is 1.31. The summed E-state index contributed by atoms with van der Waals surface area (Å²) in [5, 5.41) is 0. The van der Waals surface area contributed by atoms with Crippen LogP contribution in [0.2, 0.25) is 0 Å². The number of fused-ring (bicyclic) bond motifs is 1. The number of allylic oxidation sites excluding steroid dienone is 2. The van der Waals surface area contributed by atoms with Crippen molar-refractivity contribution in [2.45, 2.75) is 13.5 Å². The van der Waals surface area contributed by atoms with Crippen molar-refractivity contribution in [3.8, 4) is 0 Å². The summed E-state index contributed by atoms with van der Waals surface area (Å²) in [7, 11) is 0. The van der Waals surface area contributed by atoms with Gasteiger partial charge in [-0.1, -0.05) is 24.3 Å². The van der Waals surface area contributed by atoms with Crippen LogP contribution in [-0.2, 0) is 6.54 Å². The zero-order chi connectivity index (χ0) is 9.10. The Hall–Kier alpha value is -1.57. The molecule has 2 nitrogen and oxygen atoms in total. The van der Waals surface area contributed by atoms with Gasteiger partial charge in [0.2, 0.25) is 0 Å². The summed E-state index contributed by atoms with van der Waals surface area (Å²) < 4.78 is 2.01. The molecule has 1 radical (unpaired) electrons. The zero-order valence-corrected chi connectivity index (χ0v) is 7.57. The molecule has 0 spiro atoms. The largest absolute Gasteiger partial charge is 0.317 e.